The molecule has 3 aliphatic rings. The zero-order chi connectivity index (χ0) is 19.2. The van der Waals surface area contributed by atoms with Crippen LogP contribution in [0.4, 0.5) is 11.8 Å². The molecule has 2 saturated heterocycles. The van der Waals surface area contributed by atoms with Gasteiger partial charge in [-0.05, 0) is 50.7 Å². The Bertz CT molecular complexity index is 997. The van der Waals surface area contributed by atoms with Gasteiger partial charge in [0.15, 0.2) is 11.6 Å². The molecule has 29 heavy (non-hydrogen) atoms. The van der Waals surface area contributed by atoms with Gasteiger partial charge >= 0.3 is 0 Å². The van der Waals surface area contributed by atoms with E-state index in [9.17, 15) is 0 Å². The van der Waals surface area contributed by atoms with Crippen LogP contribution in [0.25, 0.3) is 5.65 Å². The molecule has 2 N–H and O–H groups in total. The van der Waals surface area contributed by atoms with E-state index in [1.165, 1.54) is 44.2 Å². The van der Waals surface area contributed by atoms with Gasteiger partial charge in [0, 0.05) is 43.5 Å². The van der Waals surface area contributed by atoms with Gasteiger partial charge in [-0.25, -0.2) is 15.0 Å². The third-order valence-electron chi connectivity index (χ3n) is 6.48. The summed E-state index contributed by atoms with van der Waals surface area (Å²) in [5, 5.41) is 16.1. The summed E-state index contributed by atoms with van der Waals surface area (Å²) in [6.07, 6.45) is 10.8. The van der Waals surface area contributed by atoms with Crippen LogP contribution in [0.1, 0.15) is 68.4 Å². The number of H-pyrrole nitrogens is 1. The molecule has 1 atom stereocenters. The van der Waals surface area contributed by atoms with Crippen LogP contribution in [0.2, 0.25) is 0 Å². The number of nitrogens with one attached hydrogen (secondary N) is 2. The van der Waals surface area contributed by atoms with Crippen molar-refractivity contribution in [3.8, 4) is 0 Å². The van der Waals surface area contributed by atoms with Crippen LogP contribution in [-0.4, -0.2) is 54.2 Å². The van der Waals surface area contributed by atoms with Crippen molar-refractivity contribution in [1.29, 1.82) is 0 Å². The Hall–Kier alpha value is -2.45. The third-order valence-corrected chi connectivity index (χ3v) is 6.48. The summed E-state index contributed by atoms with van der Waals surface area (Å²) in [6, 6.07) is 6.45. The van der Waals surface area contributed by atoms with Gasteiger partial charge in [-0.1, -0.05) is 6.42 Å². The number of aromatic amines is 1. The largest absolute Gasteiger partial charge is 0.308 e. The second kappa shape index (κ2) is 7.11. The van der Waals surface area contributed by atoms with E-state index >= 15 is 0 Å². The van der Waals surface area contributed by atoms with E-state index < -0.39 is 0 Å². The number of hydrazine groups is 1. The zero-order valence-electron chi connectivity index (χ0n) is 16.7. The van der Waals surface area contributed by atoms with Crippen LogP contribution < -0.4 is 5.32 Å². The fraction of sp³-hybridized carbons (Fsp3) is 0.571. The minimum absolute atomic E-state index is 0.259. The van der Waals surface area contributed by atoms with E-state index in [4.69, 9.17) is 9.97 Å². The molecule has 6 rings (SSSR count). The Morgan fingerprint density at radius 3 is 2.76 bits per heavy atom. The highest BCUT2D eigenvalue weighted by Gasteiger charge is 2.33. The van der Waals surface area contributed by atoms with Crippen LogP contribution in [0.5, 0.6) is 0 Å². The van der Waals surface area contributed by atoms with Crippen molar-refractivity contribution in [3.63, 3.8) is 0 Å². The molecule has 3 aromatic heterocycles. The standard InChI is InChI=1S/C21H28N8/c1-2-10-27(11-3-1)29-13-4-6-17(29)20-23-19-7-5-12-28(19)21(24-20)22-18-14-16(25-26-18)15-8-9-15/h5,7,12,14-15,17H,1-4,6,8-11,13H2,(H2,22,23,24,25,26)/t17-/m1/s1. The molecule has 0 bridgehead atoms. The second-order valence-corrected chi connectivity index (χ2v) is 8.59. The number of piperidine rings is 1. The van der Waals surface area contributed by atoms with Gasteiger partial charge in [0.25, 0.3) is 0 Å². The molecular weight excluding hydrogens is 364 g/mol. The molecule has 8 heteroatoms. The van der Waals surface area contributed by atoms with E-state index in [0.29, 0.717) is 5.92 Å². The average Bonchev–Trinajstić information content (AvgIpc) is 3.14. The molecule has 1 saturated carbocycles. The highest BCUT2D eigenvalue weighted by Crippen LogP contribution is 2.40. The molecule has 3 aromatic rings. The number of hydrogen-bond donors (Lipinski definition) is 2. The first-order chi connectivity index (χ1) is 14.3. The van der Waals surface area contributed by atoms with Crippen molar-refractivity contribution in [2.45, 2.75) is 56.9 Å². The third kappa shape index (κ3) is 3.30. The van der Waals surface area contributed by atoms with Gasteiger partial charge in [-0.15, -0.1) is 0 Å². The van der Waals surface area contributed by atoms with Gasteiger partial charge in [-0.3, -0.25) is 9.50 Å². The number of nitrogens with zero attached hydrogens (tertiary/aromatic N) is 6. The lowest BCUT2D eigenvalue weighted by atomic mass is 10.1. The topological polar surface area (TPSA) is 77.4 Å². The molecule has 0 unspecified atom stereocenters. The van der Waals surface area contributed by atoms with E-state index in [2.05, 4.69) is 37.7 Å². The Balaban J connectivity index is 1.32. The van der Waals surface area contributed by atoms with Crippen LogP contribution in [0.15, 0.2) is 24.4 Å². The Kier molecular flexibility index (Phi) is 4.27. The highest BCUT2D eigenvalue weighted by atomic mass is 15.6. The minimum Gasteiger partial charge on any atom is -0.308 e. The highest BCUT2D eigenvalue weighted by molar-refractivity contribution is 5.54. The fourth-order valence-corrected chi connectivity index (χ4v) is 4.79. The van der Waals surface area contributed by atoms with E-state index in [0.717, 1.165) is 49.3 Å². The summed E-state index contributed by atoms with van der Waals surface area (Å²) in [5.74, 6) is 3.18. The summed E-state index contributed by atoms with van der Waals surface area (Å²) in [6.45, 7) is 3.42. The zero-order valence-corrected chi connectivity index (χ0v) is 16.7. The van der Waals surface area contributed by atoms with Crippen molar-refractivity contribution >= 4 is 17.4 Å². The van der Waals surface area contributed by atoms with Gasteiger partial charge in [0.1, 0.15) is 5.65 Å². The maximum absolute atomic E-state index is 4.98. The van der Waals surface area contributed by atoms with Crippen molar-refractivity contribution in [2.24, 2.45) is 0 Å². The molecule has 3 fully saturated rings. The number of anilines is 2. The summed E-state index contributed by atoms with van der Waals surface area (Å²) >= 11 is 0. The Labute approximate surface area is 170 Å². The number of aromatic nitrogens is 5. The lowest BCUT2D eigenvalue weighted by Gasteiger charge is -2.38. The fourth-order valence-electron chi connectivity index (χ4n) is 4.79. The summed E-state index contributed by atoms with van der Waals surface area (Å²) < 4.78 is 2.01. The van der Waals surface area contributed by atoms with Crippen molar-refractivity contribution in [2.75, 3.05) is 25.0 Å². The summed E-state index contributed by atoms with van der Waals surface area (Å²) in [7, 11) is 0. The lowest BCUT2D eigenvalue weighted by molar-refractivity contribution is -0.0530. The maximum atomic E-state index is 4.98. The average molecular weight is 393 g/mol. The van der Waals surface area contributed by atoms with Gasteiger partial charge in [0.2, 0.25) is 5.95 Å². The predicted molar refractivity (Wildman–Crippen MR) is 111 cm³/mol. The molecule has 0 amide bonds. The number of fused-ring (bicyclic) bond motifs is 1. The molecule has 8 nitrogen and oxygen atoms in total. The number of hydrogen-bond acceptors (Lipinski definition) is 6. The molecule has 0 aromatic carbocycles. The molecule has 5 heterocycles. The van der Waals surface area contributed by atoms with Crippen LogP contribution in [0, 0.1) is 0 Å². The smallest absolute Gasteiger partial charge is 0.216 e. The molecule has 152 valence electrons. The summed E-state index contributed by atoms with van der Waals surface area (Å²) in [4.78, 5) is 9.91. The monoisotopic (exact) mass is 392 g/mol. The van der Waals surface area contributed by atoms with E-state index in [1.54, 1.807) is 0 Å². The van der Waals surface area contributed by atoms with Crippen LogP contribution >= 0.6 is 0 Å². The normalized spacial score (nSPS) is 23.8. The first-order valence-corrected chi connectivity index (χ1v) is 11.0. The first kappa shape index (κ1) is 17.4. The SMILES string of the molecule is c1cc2nc([C@H]3CCCN3N3CCCCC3)nc(Nc3cc(C4CC4)[nH]n3)n2c1. The predicted octanol–water partition coefficient (Wildman–Crippen LogP) is 3.61. The van der Waals surface area contributed by atoms with Gasteiger partial charge in [-0.2, -0.15) is 10.1 Å². The van der Waals surface area contributed by atoms with Crippen LogP contribution in [0.3, 0.4) is 0 Å². The molecule has 1 aliphatic carbocycles. The Morgan fingerprint density at radius 2 is 1.90 bits per heavy atom. The van der Waals surface area contributed by atoms with Crippen molar-refractivity contribution < 1.29 is 0 Å². The van der Waals surface area contributed by atoms with Crippen molar-refractivity contribution in [1.82, 2.24) is 34.6 Å². The van der Waals surface area contributed by atoms with Crippen molar-refractivity contribution in [3.05, 3.63) is 35.9 Å². The quantitative estimate of drug-likeness (QED) is 0.691. The minimum atomic E-state index is 0.259. The molecule has 0 spiro atoms. The lowest BCUT2D eigenvalue weighted by Crippen LogP contribution is -2.45. The maximum Gasteiger partial charge on any atom is 0.216 e. The molecular formula is C21H28N8. The van der Waals surface area contributed by atoms with Gasteiger partial charge in [0.05, 0.1) is 6.04 Å². The first-order valence-electron chi connectivity index (χ1n) is 11.0. The van der Waals surface area contributed by atoms with E-state index in [-0.39, 0.29) is 6.04 Å². The van der Waals surface area contributed by atoms with E-state index in [1.807, 2.05) is 16.7 Å². The number of rotatable bonds is 5. The van der Waals surface area contributed by atoms with Crippen LogP contribution in [-0.2, 0) is 0 Å². The molecule has 0 radical (unpaired) electrons. The Morgan fingerprint density at radius 1 is 1.00 bits per heavy atom. The molecule has 2 aliphatic heterocycles. The summed E-state index contributed by atoms with van der Waals surface area (Å²) in [5.41, 5.74) is 2.15. The van der Waals surface area contributed by atoms with Gasteiger partial charge < -0.3 is 5.32 Å². The second-order valence-electron chi connectivity index (χ2n) is 8.59.